The van der Waals surface area contributed by atoms with Crippen molar-refractivity contribution in [3.8, 4) is 0 Å². The molecule has 2 aliphatic rings. The molecule has 0 saturated heterocycles. The van der Waals surface area contributed by atoms with Gasteiger partial charge in [-0.15, -0.1) is 0 Å². The molecule has 0 fully saturated rings. The van der Waals surface area contributed by atoms with E-state index in [9.17, 15) is 0 Å². The Morgan fingerprint density at radius 1 is 0.955 bits per heavy atom. The van der Waals surface area contributed by atoms with Crippen molar-refractivity contribution in [3.05, 3.63) is 65.3 Å². The fourth-order valence-electron chi connectivity index (χ4n) is 4.21. The minimum Gasteiger partial charge on any atom is -0.325 e. The Kier molecular flexibility index (Phi) is 3.02. The Labute approximate surface area is 133 Å². The van der Waals surface area contributed by atoms with Gasteiger partial charge >= 0.3 is 0 Å². The van der Waals surface area contributed by atoms with Crippen LogP contribution in [0.25, 0.3) is 16.3 Å². The van der Waals surface area contributed by atoms with Crippen molar-refractivity contribution in [2.75, 3.05) is 21.1 Å². The van der Waals surface area contributed by atoms with E-state index in [2.05, 4.69) is 69.7 Å². The van der Waals surface area contributed by atoms with Gasteiger partial charge in [0.25, 0.3) is 0 Å². The topological polar surface area (TPSA) is 0 Å². The second kappa shape index (κ2) is 4.82. The molecule has 0 saturated carbocycles. The Hall–Kier alpha value is -1.86. The molecule has 112 valence electrons. The second-order valence-corrected chi connectivity index (χ2v) is 7.52. The SMILES string of the molecule is C[N+](C)(C)C1CC=CC2=C1CCc1c2ccc2ccccc12. The maximum atomic E-state index is 2.37. The standard InChI is InChI=1S/C21H24N/c1-22(2,3)21-10-6-9-17-19-12-11-15-7-4-5-8-16(15)18(19)13-14-20(17)21/h4-9,11-12,21H,10,13-14H2,1-3H3/q+1. The number of hydrogen-bond acceptors (Lipinski definition) is 0. The molecule has 0 aliphatic heterocycles. The average molecular weight is 290 g/mol. The van der Waals surface area contributed by atoms with Crippen LogP contribution in [0.3, 0.4) is 0 Å². The third kappa shape index (κ3) is 2.04. The quantitative estimate of drug-likeness (QED) is 0.675. The van der Waals surface area contributed by atoms with E-state index in [0.29, 0.717) is 6.04 Å². The van der Waals surface area contributed by atoms with Gasteiger partial charge in [0.05, 0.1) is 21.1 Å². The maximum absolute atomic E-state index is 2.37. The first-order chi connectivity index (χ1) is 10.6. The Morgan fingerprint density at radius 3 is 2.59 bits per heavy atom. The summed E-state index contributed by atoms with van der Waals surface area (Å²) in [6, 6.07) is 14.1. The molecule has 0 amide bonds. The molecule has 1 heteroatoms. The number of nitrogens with zero attached hydrogens (tertiary/aromatic N) is 1. The average Bonchev–Trinajstić information content (AvgIpc) is 2.52. The highest BCUT2D eigenvalue weighted by Crippen LogP contribution is 2.41. The second-order valence-electron chi connectivity index (χ2n) is 7.52. The van der Waals surface area contributed by atoms with Gasteiger partial charge in [0.2, 0.25) is 0 Å². The molecule has 1 atom stereocenters. The first-order valence-corrected chi connectivity index (χ1v) is 8.27. The van der Waals surface area contributed by atoms with Gasteiger partial charge in [-0.05, 0) is 45.9 Å². The molecule has 0 spiro atoms. The normalized spacial score (nSPS) is 21.0. The molecule has 1 unspecified atom stereocenters. The van der Waals surface area contributed by atoms with Gasteiger partial charge in [-0.1, -0.05) is 48.6 Å². The number of likely N-dealkylation sites (N-methyl/N-ethyl adjacent to an activating group) is 1. The van der Waals surface area contributed by atoms with Crippen LogP contribution in [0.2, 0.25) is 0 Å². The van der Waals surface area contributed by atoms with Crippen LogP contribution in [0.1, 0.15) is 24.0 Å². The van der Waals surface area contributed by atoms with Crippen LogP contribution in [-0.2, 0) is 6.42 Å². The number of allylic oxidation sites excluding steroid dienone is 2. The fourth-order valence-corrected chi connectivity index (χ4v) is 4.21. The zero-order valence-corrected chi connectivity index (χ0v) is 13.8. The van der Waals surface area contributed by atoms with Crippen molar-refractivity contribution in [2.45, 2.75) is 25.3 Å². The molecule has 2 aromatic rings. The molecular formula is C21H24N+. The van der Waals surface area contributed by atoms with Crippen LogP contribution in [-0.4, -0.2) is 31.7 Å². The largest absolute Gasteiger partial charge is 0.325 e. The van der Waals surface area contributed by atoms with Gasteiger partial charge in [-0.25, -0.2) is 0 Å². The summed E-state index contributed by atoms with van der Waals surface area (Å²) < 4.78 is 1.02. The molecule has 4 rings (SSSR count). The summed E-state index contributed by atoms with van der Waals surface area (Å²) in [6.45, 7) is 0. The van der Waals surface area contributed by atoms with Crippen molar-refractivity contribution in [2.24, 2.45) is 0 Å². The third-order valence-electron chi connectivity index (χ3n) is 5.30. The minimum atomic E-state index is 0.625. The van der Waals surface area contributed by atoms with Gasteiger partial charge < -0.3 is 4.48 Å². The molecule has 22 heavy (non-hydrogen) atoms. The smallest absolute Gasteiger partial charge is 0.114 e. The molecule has 0 radical (unpaired) electrons. The predicted octanol–water partition coefficient (Wildman–Crippen LogP) is 4.57. The zero-order chi connectivity index (χ0) is 15.3. The Balaban J connectivity index is 1.93. The predicted molar refractivity (Wildman–Crippen MR) is 94.8 cm³/mol. The van der Waals surface area contributed by atoms with E-state index in [1.165, 1.54) is 41.2 Å². The number of aryl methyl sites for hydroxylation is 1. The lowest BCUT2D eigenvalue weighted by molar-refractivity contribution is -0.890. The molecule has 1 nitrogen and oxygen atoms in total. The van der Waals surface area contributed by atoms with Crippen LogP contribution in [0.4, 0.5) is 0 Å². The van der Waals surface area contributed by atoms with Crippen molar-refractivity contribution in [1.82, 2.24) is 0 Å². The van der Waals surface area contributed by atoms with Crippen molar-refractivity contribution in [1.29, 1.82) is 0 Å². The third-order valence-corrected chi connectivity index (χ3v) is 5.30. The minimum absolute atomic E-state index is 0.625. The van der Waals surface area contributed by atoms with Crippen LogP contribution in [0, 0.1) is 0 Å². The number of hydrogen-bond donors (Lipinski definition) is 0. The van der Waals surface area contributed by atoms with Gasteiger partial charge in [0.1, 0.15) is 6.04 Å². The van der Waals surface area contributed by atoms with Crippen LogP contribution in [0.15, 0.2) is 54.1 Å². The van der Waals surface area contributed by atoms with Gasteiger partial charge in [-0.2, -0.15) is 0 Å². The number of rotatable bonds is 1. The lowest BCUT2D eigenvalue weighted by atomic mass is 9.77. The summed E-state index contributed by atoms with van der Waals surface area (Å²) >= 11 is 0. The number of fused-ring (bicyclic) bond motifs is 4. The van der Waals surface area contributed by atoms with E-state index in [0.717, 1.165) is 4.48 Å². The maximum Gasteiger partial charge on any atom is 0.114 e. The van der Waals surface area contributed by atoms with E-state index in [4.69, 9.17) is 0 Å². The summed E-state index contributed by atoms with van der Waals surface area (Å²) in [7, 11) is 6.97. The molecule has 0 aromatic heterocycles. The highest BCUT2D eigenvalue weighted by Gasteiger charge is 2.33. The Morgan fingerprint density at radius 2 is 1.77 bits per heavy atom. The number of benzene rings is 2. The van der Waals surface area contributed by atoms with Crippen molar-refractivity contribution < 1.29 is 4.48 Å². The summed E-state index contributed by atoms with van der Waals surface area (Å²) in [6.07, 6.45) is 8.30. The van der Waals surface area contributed by atoms with E-state index in [1.807, 2.05) is 0 Å². The summed E-state index contributed by atoms with van der Waals surface area (Å²) in [4.78, 5) is 0. The van der Waals surface area contributed by atoms with Crippen molar-refractivity contribution in [3.63, 3.8) is 0 Å². The van der Waals surface area contributed by atoms with E-state index < -0.39 is 0 Å². The van der Waals surface area contributed by atoms with Crippen molar-refractivity contribution >= 4 is 16.3 Å². The lowest BCUT2D eigenvalue weighted by Gasteiger charge is -2.39. The molecule has 2 aliphatic carbocycles. The van der Waals surface area contributed by atoms with Gasteiger partial charge in [0, 0.05) is 6.42 Å². The summed E-state index contributed by atoms with van der Waals surface area (Å²) in [5.41, 5.74) is 6.17. The van der Waals surface area contributed by atoms with Crippen LogP contribution in [0.5, 0.6) is 0 Å². The molecule has 0 bridgehead atoms. The van der Waals surface area contributed by atoms with E-state index in [-0.39, 0.29) is 0 Å². The van der Waals surface area contributed by atoms with E-state index >= 15 is 0 Å². The molecule has 2 aromatic carbocycles. The van der Waals surface area contributed by atoms with Gasteiger partial charge in [-0.3, -0.25) is 0 Å². The highest BCUT2D eigenvalue weighted by molar-refractivity contribution is 5.94. The highest BCUT2D eigenvalue weighted by atomic mass is 15.3. The van der Waals surface area contributed by atoms with Crippen LogP contribution >= 0.6 is 0 Å². The van der Waals surface area contributed by atoms with Crippen LogP contribution < -0.4 is 0 Å². The summed E-state index contributed by atoms with van der Waals surface area (Å²) in [5.74, 6) is 0. The monoisotopic (exact) mass is 290 g/mol. The first-order valence-electron chi connectivity index (χ1n) is 8.27. The number of quaternary nitrogens is 1. The molecule has 0 heterocycles. The molecular weight excluding hydrogens is 266 g/mol. The molecule has 0 N–H and O–H groups in total. The first kappa shape index (κ1) is 13.8. The lowest BCUT2D eigenvalue weighted by Crippen LogP contribution is -2.47. The van der Waals surface area contributed by atoms with Gasteiger partial charge in [0.15, 0.2) is 0 Å². The zero-order valence-electron chi connectivity index (χ0n) is 13.8. The fraction of sp³-hybridized carbons (Fsp3) is 0.333. The summed E-state index contributed by atoms with van der Waals surface area (Å²) in [5, 5.41) is 2.81. The Bertz CT molecular complexity index is 802. The van der Waals surface area contributed by atoms with E-state index in [1.54, 1.807) is 11.1 Å².